The van der Waals surface area contributed by atoms with Gasteiger partial charge in [0.1, 0.15) is 0 Å². The summed E-state index contributed by atoms with van der Waals surface area (Å²) in [6.07, 6.45) is 0. The lowest BCUT2D eigenvalue weighted by molar-refractivity contribution is 0.598. The number of anilines is 1. The average Bonchev–Trinajstić information content (AvgIpc) is 2.38. The first-order valence-corrected chi connectivity index (χ1v) is 7.93. The Morgan fingerprint density at radius 1 is 1.15 bits per heavy atom. The number of rotatable bonds is 4. The number of halogens is 1. The van der Waals surface area contributed by atoms with Crippen molar-refractivity contribution in [3.05, 3.63) is 59.1 Å². The summed E-state index contributed by atoms with van der Waals surface area (Å²) in [6.45, 7) is 1.97. The van der Waals surface area contributed by atoms with Crippen LogP contribution in [0.4, 0.5) is 5.69 Å². The molecule has 2 aromatic rings. The van der Waals surface area contributed by atoms with Gasteiger partial charge in [0.15, 0.2) is 0 Å². The van der Waals surface area contributed by atoms with Crippen molar-refractivity contribution < 1.29 is 8.42 Å². The van der Waals surface area contributed by atoms with Crippen LogP contribution in [0, 0.1) is 0 Å². The molecule has 106 valence electrons. The number of hydrogen-bond donors (Lipinski definition) is 2. The molecule has 0 aliphatic carbocycles. The Morgan fingerprint density at radius 3 is 2.50 bits per heavy atom. The summed E-state index contributed by atoms with van der Waals surface area (Å²) >= 11 is 5.95. The fourth-order valence-electron chi connectivity index (χ4n) is 1.87. The van der Waals surface area contributed by atoms with E-state index in [4.69, 9.17) is 16.7 Å². The number of benzene rings is 2. The van der Waals surface area contributed by atoms with E-state index in [1.54, 1.807) is 18.2 Å². The SMILES string of the molecule is CC(Nc1cccc(S(N)(=O)=O)c1)c1cccc(Cl)c1. The van der Waals surface area contributed by atoms with Gasteiger partial charge in [0.25, 0.3) is 0 Å². The van der Waals surface area contributed by atoms with Crippen LogP contribution in [0.15, 0.2) is 53.4 Å². The maximum Gasteiger partial charge on any atom is 0.238 e. The average molecular weight is 311 g/mol. The summed E-state index contributed by atoms with van der Waals surface area (Å²) < 4.78 is 22.6. The number of sulfonamides is 1. The van der Waals surface area contributed by atoms with Crippen LogP contribution in [0.3, 0.4) is 0 Å². The van der Waals surface area contributed by atoms with E-state index in [0.717, 1.165) is 5.56 Å². The monoisotopic (exact) mass is 310 g/mol. The lowest BCUT2D eigenvalue weighted by Crippen LogP contribution is -2.13. The van der Waals surface area contributed by atoms with Gasteiger partial charge in [0.05, 0.1) is 4.90 Å². The minimum Gasteiger partial charge on any atom is -0.378 e. The van der Waals surface area contributed by atoms with E-state index in [1.807, 2.05) is 25.1 Å². The van der Waals surface area contributed by atoms with Gasteiger partial charge in [0, 0.05) is 16.8 Å². The Balaban J connectivity index is 2.22. The Hall–Kier alpha value is -1.56. The zero-order valence-electron chi connectivity index (χ0n) is 10.9. The first kappa shape index (κ1) is 14.8. The van der Waals surface area contributed by atoms with Gasteiger partial charge in [-0.15, -0.1) is 0 Å². The Kier molecular flexibility index (Phi) is 4.32. The van der Waals surface area contributed by atoms with E-state index in [-0.39, 0.29) is 10.9 Å². The van der Waals surface area contributed by atoms with Gasteiger partial charge in [-0.3, -0.25) is 0 Å². The molecule has 0 fully saturated rings. The van der Waals surface area contributed by atoms with Crippen LogP contribution < -0.4 is 10.5 Å². The molecule has 0 radical (unpaired) electrons. The van der Waals surface area contributed by atoms with E-state index in [1.165, 1.54) is 12.1 Å². The first-order valence-electron chi connectivity index (χ1n) is 6.01. The molecule has 0 aliphatic heterocycles. The van der Waals surface area contributed by atoms with Crippen LogP contribution in [0.5, 0.6) is 0 Å². The molecule has 0 spiro atoms. The molecular formula is C14H15ClN2O2S. The summed E-state index contributed by atoms with van der Waals surface area (Å²) in [7, 11) is -3.69. The molecule has 3 N–H and O–H groups in total. The smallest absolute Gasteiger partial charge is 0.238 e. The molecule has 0 aromatic heterocycles. The van der Waals surface area contributed by atoms with Gasteiger partial charge in [0.2, 0.25) is 10.0 Å². The van der Waals surface area contributed by atoms with Crippen LogP contribution in [0.1, 0.15) is 18.5 Å². The Bertz CT molecular complexity index is 717. The second kappa shape index (κ2) is 5.83. The van der Waals surface area contributed by atoms with Crippen molar-refractivity contribution in [1.29, 1.82) is 0 Å². The second-order valence-electron chi connectivity index (χ2n) is 4.49. The van der Waals surface area contributed by atoms with Gasteiger partial charge < -0.3 is 5.32 Å². The van der Waals surface area contributed by atoms with E-state index in [9.17, 15) is 8.42 Å². The molecule has 0 saturated heterocycles. The Morgan fingerprint density at radius 2 is 1.85 bits per heavy atom. The number of nitrogens with two attached hydrogens (primary N) is 1. The molecule has 0 aliphatic rings. The molecule has 1 unspecified atom stereocenters. The zero-order chi connectivity index (χ0) is 14.8. The summed E-state index contributed by atoms with van der Waals surface area (Å²) in [5, 5.41) is 9.00. The van der Waals surface area contributed by atoms with E-state index >= 15 is 0 Å². The third-order valence-corrected chi connectivity index (χ3v) is 4.04. The molecule has 0 heterocycles. The van der Waals surface area contributed by atoms with Crippen molar-refractivity contribution >= 4 is 27.3 Å². The predicted molar refractivity (Wildman–Crippen MR) is 81.3 cm³/mol. The number of hydrogen-bond acceptors (Lipinski definition) is 3. The molecular weight excluding hydrogens is 296 g/mol. The third-order valence-electron chi connectivity index (χ3n) is 2.89. The van der Waals surface area contributed by atoms with Crippen LogP contribution in [0.25, 0.3) is 0 Å². The van der Waals surface area contributed by atoms with Crippen molar-refractivity contribution in [2.75, 3.05) is 5.32 Å². The van der Waals surface area contributed by atoms with Gasteiger partial charge in [-0.2, -0.15) is 0 Å². The summed E-state index contributed by atoms with van der Waals surface area (Å²) in [5.74, 6) is 0. The van der Waals surface area contributed by atoms with E-state index < -0.39 is 10.0 Å². The van der Waals surface area contributed by atoms with Crippen LogP contribution in [0.2, 0.25) is 5.02 Å². The van der Waals surface area contributed by atoms with Crippen molar-refractivity contribution in [1.82, 2.24) is 0 Å². The maximum atomic E-state index is 11.3. The highest BCUT2D eigenvalue weighted by molar-refractivity contribution is 7.89. The van der Waals surface area contributed by atoms with Crippen molar-refractivity contribution in [2.45, 2.75) is 17.9 Å². The first-order chi connectivity index (χ1) is 9.36. The lowest BCUT2D eigenvalue weighted by Gasteiger charge is -2.16. The molecule has 4 nitrogen and oxygen atoms in total. The van der Waals surface area contributed by atoms with Crippen molar-refractivity contribution in [3.63, 3.8) is 0 Å². The van der Waals surface area contributed by atoms with Crippen LogP contribution in [-0.4, -0.2) is 8.42 Å². The summed E-state index contributed by atoms with van der Waals surface area (Å²) in [5.41, 5.74) is 1.70. The molecule has 0 bridgehead atoms. The predicted octanol–water partition coefficient (Wildman–Crippen LogP) is 3.16. The standard InChI is InChI=1S/C14H15ClN2O2S/c1-10(11-4-2-5-12(15)8-11)17-13-6-3-7-14(9-13)20(16,18)19/h2-10,17H,1H3,(H2,16,18,19). The van der Waals surface area contributed by atoms with Gasteiger partial charge in [-0.05, 0) is 42.8 Å². The fourth-order valence-corrected chi connectivity index (χ4v) is 2.63. The van der Waals surface area contributed by atoms with Gasteiger partial charge >= 0.3 is 0 Å². The molecule has 6 heteroatoms. The highest BCUT2D eigenvalue weighted by atomic mass is 35.5. The minimum atomic E-state index is -3.69. The third kappa shape index (κ3) is 3.72. The van der Waals surface area contributed by atoms with Crippen LogP contribution >= 0.6 is 11.6 Å². The van der Waals surface area contributed by atoms with Gasteiger partial charge in [-0.25, -0.2) is 13.6 Å². The molecule has 20 heavy (non-hydrogen) atoms. The topological polar surface area (TPSA) is 72.2 Å². The quantitative estimate of drug-likeness (QED) is 0.911. The second-order valence-corrected chi connectivity index (χ2v) is 6.49. The van der Waals surface area contributed by atoms with E-state index in [2.05, 4.69) is 5.32 Å². The maximum absolute atomic E-state index is 11.3. The zero-order valence-corrected chi connectivity index (χ0v) is 12.4. The largest absolute Gasteiger partial charge is 0.378 e. The minimum absolute atomic E-state index is 0.00979. The Labute approximate surface area is 123 Å². The van der Waals surface area contributed by atoms with Crippen molar-refractivity contribution in [3.8, 4) is 0 Å². The molecule has 1 atom stereocenters. The van der Waals surface area contributed by atoms with Crippen LogP contribution in [-0.2, 0) is 10.0 Å². The van der Waals surface area contributed by atoms with E-state index in [0.29, 0.717) is 10.7 Å². The molecule has 2 rings (SSSR count). The highest BCUT2D eigenvalue weighted by Gasteiger charge is 2.10. The summed E-state index contributed by atoms with van der Waals surface area (Å²) in [6, 6.07) is 13.9. The summed E-state index contributed by atoms with van der Waals surface area (Å²) in [4.78, 5) is 0.0841. The fraction of sp³-hybridized carbons (Fsp3) is 0.143. The highest BCUT2D eigenvalue weighted by Crippen LogP contribution is 2.23. The van der Waals surface area contributed by atoms with Crippen molar-refractivity contribution in [2.24, 2.45) is 5.14 Å². The number of primary sulfonamides is 1. The number of nitrogens with one attached hydrogen (secondary N) is 1. The lowest BCUT2D eigenvalue weighted by atomic mass is 10.1. The molecule has 0 saturated carbocycles. The molecule has 2 aromatic carbocycles. The normalized spacial score (nSPS) is 12.9. The molecule has 0 amide bonds. The van der Waals surface area contributed by atoms with Gasteiger partial charge in [-0.1, -0.05) is 29.8 Å².